The molecule has 0 heterocycles. The molecule has 6 heteroatoms. The highest BCUT2D eigenvalue weighted by molar-refractivity contribution is 9.09. The Hall–Kier alpha value is -0.460. The first-order chi connectivity index (χ1) is 9.05. The van der Waals surface area contributed by atoms with Crippen LogP contribution in [-0.2, 0) is 10.0 Å². The number of benzene rings is 1. The number of alkyl halides is 1. The second kappa shape index (κ2) is 6.33. The van der Waals surface area contributed by atoms with Gasteiger partial charge in [-0.05, 0) is 43.5 Å². The summed E-state index contributed by atoms with van der Waals surface area (Å²) in [6.07, 6.45) is 3.69. The van der Waals surface area contributed by atoms with E-state index >= 15 is 0 Å². The first-order valence-corrected chi connectivity index (χ1v) is 8.95. The molecule has 0 radical (unpaired) electrons. The largest absolute Gasteiger partial charge is 0.243 e. The third-order valence-electron chi connectivity index (χ3n) is 3.41. The number of halogens is 2. The molecule has 1 aliphatic carbocycles. The lowest BCUT2D eigenvalue weighted by Crippen LogP contribution is -2.44. The fourth-order valence-electron chi connectivity index (χ4n) is 2.13. The van der Waals surface area contributed by atoms with E-state index < -0.39 is 15.8 Å². The molecule has 0 N–H and O–H groups in total. The van der Waals surface area contributed by atoms with E-state index in [1.54, 1.807) is 4.31 Å². The molecular weight excluding hydrogens is 333 g/mol. The molecule has 19 heavy (non-hydrogen) atoms. The maximum atomic E-state index is 12.9. The minimum atomic E-state index is -3.50. The van der Waals surface area contributed by atoms with Crippen LogP contribution in [-0.4, -0.2) is 30.6 Å². The number of sulfonamides is 1. The molecule has 1 aromatic rings. The average molecular weight is 350 g/mol. The van der Waals surface area contributed by atoms with Crippen molar-refractivity contribution in [2.75, 3.05) is 11.9 Å². The Balaban J connectivity index is 2.24. The monoisotopic (exact) mass is 349 g/mol. The van der Waals surface area contributed by atoms with Crippen LogP contribution in [0.1, 0.15) is 25.7 Å². The topological polar surface area (TPSA) is 37.4 Å². The summed E-state index contributed by atoms with van der Waals surface area (Å²) < 4.78 is 39.6. The van der Waals surface area contributed by atoms with Gasteiger partial charge in [-0.25, -0.2) is 12.8 Å². The molecule has 1 fully saturated rings. The molecule has 0 amide bonds. The number of hydrogen-bond donors (Lipinski definition) is 0. The molecule has 2 rings (SSSR count). The van der Waals surface area contributed by atoms with E-state index in [2.05, 4.69) is 15.9 Å². The molecule has 0 spiro atoms. The molecule has 3 nitrogen and oxygen atoms in total. The van der Waals surface area contributed by atoms with Crippen molar-refractivity contribution in [3.05, 3.63) is 30.1 Å². The van der Waals surface area contributed by atoms with E-state index in [1.807, 2.05) is 0 Å². The van der Waals surface area contributed by atoms with Crippen molar-refractivity contribution < 1.29 is 12.8 Å². The number of nitrogens with zero attached hydrogens (tertiary/aromatic N) is 1. The van der Waals surface area contributed by atoms with Gasteiger partial charge in [-0.1, -0.05) is 22.4 Å². The molecule has 0 bridgehead atoms. The van der Waals surface area contributed by atoms with E-state index in [9.17, 15) is 12.8 Å². The van der Waals surface area contributed by atoms with Gasteiger partial charge in [-0.2, -0.15) is 4.31 Å². The van der Waals surface area contributed by atoms with Crippen molar-refractivity contribution in [2.24, 2.45) is 0 Å². The summed E-state index contributed by atoms with van der Waals surface area (Å²) in [5.41, 5.74) is 0. The van der Waals surface area contributed by atoms with Crippen LogP contribution in [0, 0.1) is 5.82 Å². The number of rotatable bonds is 6. The highest BCUT2D eigenvalue weighted by Crippen LogP contribution is 2.30. The van der Waals surface area contributed by atoms with Crippen molar-refractivity contribution >= 4 is 26.0 Å². The van der Waals surface area contributed by atoms with Crippen molar-refractivity contribution in [3.8, 4) is 0 Å². The van der Waals surface area contributed by atoms with E-state index in [-0.39, 0.29) is 10.9 Å². The van der Waals surface area contributed by atoms with Gasteiger partial charge in [0.25, 0.3) is 0 Å². The SMILES string of the molecule is O=S(=O)(c1ccc(F)cc1)N(CCCBr)C1CCC1. The first kappa shape index (κ1) is 14.9. The molecule has 0 saturated heterocycles. The van der Waals surface area contributed by atoms with E-state index in [0.717, 1.165) is 31.0 Å². The fraction of sp³-hybridized carbons (Fsp3) is 0.538. The van der Waals surface area contributed by atoms with Crippen LogP contribution < -0.4 is 0 Å². The summed E-state index contributed by atoms with van der Waals surface area (Å²) in [4.78, 5) is 0.176. The maximum Gasteiger partial charge on any atom is 0.243 e. The molecular formula is C13H17BrFNO2S. The molecule has 0 atom stereocenters. The van der Waals surface area contributed by atoms with Gasteiger partial charge in [0.05, 0.1) is 4.90 Å². The Labute approximate surface area is 122 Å². The zero-order chi connectivity index (χ0) is 13.9. The van der Waals surface area contributed by atoms with Gasteiger partial charge in [-0.3, -0.25) is 0 Å². The zero-order valence-electron chi connectivity index (χ0n) is 10.6. The predicted molar refractivity (Wildman–Crippen MR) is 76.3 cm³/mol. The minimum absolute atomic E-state index is 0.106. The molecule has 0 aliphatic heterocycles. The quantitative estimate of drug-likeness (QED) is 0.739. The Morgan fingerprint density at radius 1 is 1.26 bits per heavy atom. The van der Waals surface area contributed by atoms with Crippen LogP contribution in [0.25, 0.3) is 0 Å². The van der Waals surface area contributed by atoms with Gasteiger partial charge in [0.1, 0.15) is 5.82 Å². The average Bonchev–Trinajstić information content (AvgIpc) is 2.32. The standard InChI is InChI=1S/C13H17BrFNO2S/c14-9-2-10-16(12-3-1-4-12)19(17,18)13-7-5-11(15)6-8-13/h5-8,12H,1-4,9-10H2. The van der Waals surface area contributed by atoms with E-state index in [1.165, 1.54) is 24.3 Å². The van der Waals surface area contributed by atoms with E-state index in [4.69, 9.17) is 0 Å². The van der Waals surface area contributed by atoms with Gasteiger partial charge < -0.3 is 0 Å². The summed E-state index contributed by atoms with van der Waals surface area (Å²) in [5.74, 6) is -0.422. The zero-order valence-corrected chi connectivity index (χ0v) is 13.0. The molecule has 1 aromatic carbocycles. The Kier molecular flexibility index (Phi) is 4.97. The van der Waals surface area contributed by atoms with Crippen LogP contribution in [0.4, 0.5) is 4.39 Å². The second-order valence-corrected chi connectivity index (χ2v) is 7.38. The third-order valence-corrected chi connectivity index (χ3v) is 5.94. The van der Waals surface area contributed by atoms with Gasteiger partial charge in [0.2, 0.25) is 10.0 Å². The smallest absolute Gasteiger partial charge is 0.207 e. The van der Waals surface area contributed by atoms with Crippen LogP contribution in [0.3, 0.4) is 0 Å². The maximum absolute atomic E-state index is 12.9. The van der Waals surface area contributed by atoms with Crippen LogP contribution in [0.2, 0.25) is 0 Å². The minimum Gasteiger partial charge on any atom is -0.207 e. The third kappa shape index (κ3) is 3.35. The predicted octanol–water partition coefficient (Wildman–Crippen LogP) is 3.15. The fourth-order valence-corrected chi connectivity index (χ4v) is 4.11. The summed E-state index contributed by atoms with van der Waals surface area (Å²) in [6.45, 7) is 0.510. The second-order valence-electron chi connectivity index (χ2n) is 4.70. The van der Waals surface area contributed by atoms with Crippen LogP contribution in [0.5, 0.6) is 0 Å². The van der Waals surface area contributed by atoms with Crippen molar-refractivity contribution in [1.82, 2.24) is 4.31 Å². The van der Waals surface area contributed by atoms with Crippen molar-refractivity contribution in [3.63, 3.8) is 0 Å². The number of hydrogen-bond acceptors (Lipinski definition) is 2. The lowest BCUT2D eigenvalue weighted by Gasteiger charge is -2.36. The van der Waals surface area contributed by atoms with Crippen molar-refractivity contribution in [2.45, 2.75) is 36.6 Å². The highest BCUT2D eigenvalue weighted by atomic mass is 79.9. The van der Waals surface area contributed by atoms with Gasteiger partial charge in [0, 0.05) is 17.9 Å². The summed E-state index contributed by atoms with van der Waals surface area (Å²) >= 11 is 3.33. The Morgan fingerprint density at radius 2 is 1.89 bits per heavy atom. The molecule has 1 saturated carbocycles. The van der Waals surface area contributed by atoms with E-state index in [0.29, 0.717) is 6.54 Å². The summed E-state index contributed by atoms with van der Waals surface area (Å²) in [5, 5.41) is 0.773. The Bertz CT molecular complexity index is 514. The van der Waals surface area contributed by atoms with Crippen LogP contribution in [0.15, 0.2) is 29.2 Å². The summed E-state index contributed by atoms with van der Waals surface area (Å²) in [7, 11) is -3.50. The molecule has 1 aliphatic rings. The first-order valence-electron chi connectivity index (χ1n) is 6.39. The van der Waals surface area contributed by atoms with Gasteiger partial charge in [-0.15, -0.1) is 0 Å². The normalized spacial score (nSPS) is 16.6. The summed E-state index contributed by atoms with van der Waals surface area (Å²) in [6, 6.07) is 5.16. The molecule has 0 unspecified atom stereocenters. The lowest BCUT2D eigenvalue weighted by molar-refractivity contribution is 0.220. The highest BCUT2D eigenvalue weighted by Gasteiger charge is 2.34. The van der Waals surface area contributed by atoms with Crippen LogP contribution >= 0.6 is 15.9 Å². The Morgan fingerprint density at radius 3 is 2.37 bits per heavy atom. The lowest BCUT2D eigenvalue weighted by atomic mass is 9.93. The van der Waals surface area contributed by atoms with Gasteiger partial charge in [0.15, 0.2) is 0 Å². The van der Waals surface area contributed by atoms with Crippen molar-refractivity contribution in [1.29, 1.82) is 0 Å². The molecule has 0 aromatic heterocycles. The molecule has 106 valence electrons. The van der Waals surface area contributed by atoms with Gasteiger partial charge >= 0.3 is 0 Å².